The second-order valence-corrected chi connectivity index (χ2v) is 4.39. The summed E-state index contributed by atoms with van der Waals surface area (Å²) in [4.78, 5) is 21.5. The van der Waals surface area contributed by atoms with E-state index in [1.165, 1.54) is 16.8 Å². The number of primary amides is 1. The lowest BCUT2D eigenvalue weighted by Crippen LogP contribution is -2.12. The zero-order chi connectivity index (χ0) is 15.6. The summed E-state index contributed by atoms with van der Waals surface area (Å²) >= 11 is 0. The highest BCUT2D eigenvalue weighted by Gasteiger charge is 2.17. The van der Waals surface area contributed by atoms with E-state index in [2.05, 4.69) is 10.4 Å². The molecule has 2 rings (SSSR count). The number of nitrogens with two attached hydrogens (primary N) is 2. The first-order chi connectivity index (χ1) is 9.90. The molecule has 5 N–H and O–H groups in total. The number of hydrogen-bond donors (Lipinski definition) is 3. The van der Waals surface area contributed by atoms with Crippen LogP contribution in [0.2, 0.25) is 0 Å². The number of nitro groups is 1. The molecule has 2 aromatic rings. The summed E-state index contributed by atoms with van der Waals surface area (Å²) in [5.74, 6) is -0.250. The van der Waals surface area contributed by atoms with E-state index in [4.69, 9.17) is 11.5 Å². The Morgan fingerprint density at radius 1 is 1.52 bits per heavy atom. The minimum absolute atomic E-state index is 0.0770. The van der Waals surface area contributed by atoms with E-state index >= 15 is 0 Å². The Labute approximate surface area is 119 Å². The van der Waals surface area contributed by atoms with Gasteiger partial charge >= 0.3 is 0 Å². The van der Waals surface area contributed by atoms with E-state index < -0.39 is 10.8 Å². The molecular formula is C12H14N6O3. The van der Waals surface area contributed by atoms with Crippen molar-refractivity contribution in [1.82, 2.24) is 9.78 Å². The Kier molecular flexibility index (Phi) is 3.74. The second kappa shape index (κ2) is 5.49. The van der Waals surface area contributed by atoms with Crippen LogP contribution in [0.25, 0.3) is 0 Å². The summed E-state index contributed by atoms with van der Waals surface area (Å²) in [6.45, 7) is 0.274. The Morgan fingerprint density at radius 2 is 2.24 bits per heavy atom. The quantitative estimate of drug-likeness (QED) is 0.544. The Hall–Kier alpha value is -3.10. The van der Waals surface area contributed by atoms with Gasteiger partial charge in [-0.1, -0.05) is 0 Å². The molecule has 0 fully saturated rings. The third-order valence-corrected chi connectivity index (χ3v) is 3.01. The Bertz CT molecular complexity index is 709. The van der Waals surface area contributed by atoms with E-state index in [0.717, 1.165) is 6.07 Å². The number of anilines is 2. The summed E-state index contributed by atoms with van der Waals surface area (Å²) in [5.41, 5.74) is 11.7. The molecule has 1 amide bonds. The first-order valence-corrected chi connectivity index (χ1v) is 5.98. The monoisotopic (exact) mass is 290 g/mol. The third kappa shape index (κ3) is 2.91. The van der Waals surface area contributed by atoms with Gasteiger partial charge in [0.2, 0.25) is 5.91 Å². The molecule has 0 saturated carbocycles. The van der Waals surface area contributed by atoms with E-state index in [9.17, 15) is 14.9 Å². The molecule has 9 heteroatoms. The normalized spacial score (nSPS) is 10.3. The second-order valence-electron chi connectivity index (χ2n) is 4.39. The number of nitrogens with zero attached hydrogens (tertiary/aromatic N) is 3. The number of nitrogen functional groups attached to an aromatic ring is 1. The van der Waals surface area contributed by atoms with Crippen molar-refractivity contribution in [2.75, 3.05) is 11.1 Å². The highest BCUT2D eigenvalue weighted by Crippen LogP contribution is 2.26. The fraction of sp³-hybridized carbons (Fsp3) is 0.167. The molecular weight excluding hydrogens is 276 g/mol. The van der Waals surface area contributed by atoms with Crippen LogP contribution in [-0.4, -0.2) is 20.6 Å². The topological polar surface area (TPSA) is 142 Å². The van der Waals surface area contributed by atoms with Crippen molar-refractivity contribution in [2.24, 2.45) is 12.8 Å². The van der Waals surface area contributed by atoms with Crippen LogP contribution in [0.15, 0.2) is 24.4 Å². The van der Waals surface area contributed by atoms with E-state index in [1.54, 1.807) is 13.2 Å². The van der Waals surface area contributed by atoms with Gasteiger partial charge < -0.3 is 16.8 Å². The summed E-state index contributed by atoms with van der Waals surface area (Å²) in [7, 11) is 1.70. The first kappa shape index (κ1) is 14.3. The van der Waals surface area contributed by atoms with Crippen LogP contribution in [0, 0.1) is 10.1 Å². The smallest absolute Gasteiger partial charge is 0.293 e. The molecule has 0 atom stereocenters. The van der Waals surface area contributed by atoms with Gasteiger partial charge in [-0.2, -0.15) is 5.10 Å². The minimum Gasteiger partial charge on any atom is -0.384 e. The number of carbonyl (C=O) groups excluding carboxylic acids is 1. The minimum atomic E-state index is -0.721. The van der Waals surface area contributed by atoms with Gasteiger partial charge in [0.1, 0.15) is 11.5 Å². The summed E-state index contributed by atoms with van der Waals surface area (Å²) < 4.78 is 1.50. The lowest BCUT2D eigenvalue weighted by atomic mass is 10.1. The number of aryl methyl sites for hydroxylation is 1. The van der Waals surface area contributed by atoms with Gasteiger partial charge in [0, 0.05) is 30.8 Å². The van der Waals surface area contributed by atoms with Gasteiger partial charge in [-0.25, -0.2) is 0 Å². The highest BCUT2D eigenvalue weighted by molar-refractivity contribution is 5.94. The molecule has 0 spiro atoms. The van der Waals surface area contributed by atoms with E-state index in [0.29, 0.717) is 11.4 Å². The van der Waals surface area contributed by atoms with Crippen LogP contribution in [0.1, 0.15) is 15.9 Å². The molecule has 9 nitrogen and oxygen atoms in total. The Balaban J connectivity index is 2.25. The number of aromatic nitrogens is 2. The van der Waals surface area contributed by atoms with Gasteiger partial charge in [-0.15, -0.1) is 0 Å². The van der Waals surface area contributed by atoms with E-state index in [-0.39, 0.29) is 23.5 Å². The summed E-state index contributed by atoms with van der Waals surface area (Å²) in [5, 5.41) is 17.9. The van der Waals surface area contributed by atoms with Gasteiger partial charge in [0.15, 0.2) is 0 Å². The molecule has 0 unspecified atom stereocenters. The third-order valence-electron chi connectivity index (χ3n) is 3.01. The summed E-state index contributed by atoms with van der Waals surface area (Å²) in [6, 6.07) is 3.99. The standard InChI is InChI=1S/C12H14N6O3/c1-17-11(13)8(6-16-17)5-15-9-3-2-7(12(14)19)4-10(9)18(20)21/h2-4,6,15H,5,13H2,1H3,(H2,14,19). The number of nitrogens with one attached hydrogen (secondary N) is 1. The predicted octanol–water partition coefficient (Wildman–Crippen LogP) is 0.622. The fourth-order valence-corrected chi connectivity index (χ4v) is 1.80. The van der Waals surface area contributed by atoms with Crippen LogP contribution < -0.4 is 16.8 Å². The predicted molar refractivity (Wildman–Crippen MR) is 76.6 cm³/mol. The van der Waals surface area contributed by atoms with Crippen molar-refractivity contribution >= 4 is 23.1 Å². The number of hydrogen-bond acceptors (Lipinski definition) is 6. The molecule has 0 saturated heterocycles. The average molecular weight is 290 g/mol. The maximum atomic E-state index is 11.1. The van der Waals surface area contributed by atoms with Crippen LogP contribution in [0.3, 0.4) is 0 Å². The molecule has 0 aliphatic rings. The highest BCUT2D eigenvalue weighted by atomic mass is 16.6. The molecule has 1 heterocycles. The maximum Gasteiger partial charge on any atom is 0.293 e. The van der Waals surface area contributed by atoms with Crippen LogP contribution in [0.4, 0.5) is 17.2 Å². The average Bonchev–Trinajstić information content (AvgIpc) is 2.76. The molecule has 21 heavy (non-hydrogen) atoms. The Morgan fingerprint density at radius 3 is 2.76 bits per heavy atom. The van der Waals surface area contributed by atoms with Crippen LogP contribution in [-0.2, 0) is 13.6 Å². The molecule has 0 radical (unpaired) electrons. The first-order valence-electron chi connectivity index (χ1n) is 5.98. The lowest BCUT2D eigenvalue weighted by Gasteiger charge is -2.07. The lowest BCUT2D eigenvalue weighted by molar-refractivity contribution is -0.384. The zero-order valence-electron chi connectivity index (χ0n) is 11.2. The number of nitro benzene ring substituents is 1. The molecule has 0 aliphatic heterocycles. The molecule has 0 bridgehead atoms. The molecule has 1 aromatic carbocycles. The van der Waals surface area contributed by atoms with E-state index in [1.807, 2.05) is 0 Å². The van der Waals surface area contributed by atoms with Crippen molar-refractivity contribution in [3.63, 3.8) is 0 Å². The van der Waals surface area contributed by atoms with Crippen molar-refractivity contribution in [1.29, 1.82) is 0 Å². The van der Waals surface area contributed by atoms with Crippen molar-refractivity contribution < 1.29 is 9.72 Å². The zero-order valence-corrected chi connectivity index (χ0v) is 11.2. The largest absolute Gasteiger partial charge is 0.384 e. The van der Waals surface area contributed by atoms with Gasteiger partial charge in [0.25, 0.3) is 5.69 Å². The van der Waals surface area contributed by atoms with Crippen LogP contribution >= 0.6 is 0 Å². The van der Waals surface area contributed by atoms with Crippen molar-refractivity contribution in [3.05, 3.63) is 45.6 Å². The van der Waals surface area contributed by atoms with Gasteiger partial charge in [-0.3, -0.25) is 19.6 Å². The number of benzene rings is 1. The van der Waals surface area contributed by atoms with Gasteiger partial charge in [0.05, 0.1) is 11.1 Å². The fourth-order valence-electron chi connectivity index (χ4n) is 1.80. The number of rotatable bonds is 5. The maximum absolute atomic E-state index is 11.1. The van der Waals surface area contributed by atoms with Crippen molar-refractivity contribution in [3.8, 4) is 0 Å². The van der Waals surface area contributed by atoms with Gasteiger partial charge in [-0.05, 0) is 12.1 Å². The van der Waals surface area contributed by atoms with Crippen LogP contribution in [0.5, 0.6) is 0 Å². The van der Waals surface area contributed by atoms with Crippen molar-refractivity contribution in [2.45, 2.75) is 6.54 Å². The molecule has 110 valence electrons. The molecule has 0 aliphatic carbocycles. The number of carbonyl (C=O) groups is 1. The molecule has 1 aromatic heterocycles. The SMILES string of the molecule is Cn1ncc(CNc2ccc(C(N)=O)cc2[N+](=O)[O-])c1N. The number of amides is 1. The summed E-state index contributed by atoms with van der Waals surface area (Å²) in [6.07, 6.45) is 1.58.